The van der Waals surface area contributed by atoms with Crippen LogP contribution in [0.3, 0.4) is 0 Å². The number of hydrogen-bond acceptors (Lipinski definition) is 2. The molecule has 3 nitrogen and oxygen atoms in total. The van der Waals surface area contributed by atoms with Gasteiger partial charge in [0.05, 0.1) is 5.60 Å². The number of fused-ring (bicyclic) bond motifs is 5. The first-order chi connectivity index (χ1) is 18.6. The second kappa shape index (κ2) is 9.91. The summed E-state index contributed by atoms with van der Waals surface area (Å²) in [6, 6.07) is 19.1. The first-order valence-electron chi connectivity index (χ1n) is 15.4. The Labute approximate surface area is 234 Å². The van der Waals surface area contributed by atoms with E-state index in [4.69, 9.17) is 0 Å². The Kier molecular flexibility index (Phi) is 6.81. The summed E-state index contributed by atoms with van der Waals surface area (Å²) in [6.45, 7) is 7.36. The second-order valence-electron chi connectivity index (χ2n) is 14.0. The number of benzene rings is 2. The van der Waals surface area contributed by atoms with E-state index in [1.54, 1.807) is 0 Å². The van der Waals surface area contributed by atoms with Crippen LogP contribution in [0.15, 0.2) is 66.2 Å². The lowest BCUT2D eigenvalue weighted by Gasteiger charge is -2.59. The maximum Gasteiger partial charge on any atom is 0.303 e. The van der Waals surface area contributed by atoms with Gasteiger partial charge in [-0.25, -0.2) is 0 Å². The topological polar surface area (TPSA) is 57.5 Å². The number of allylic oxidation sites excluding steroid dienone is 1. The Morgan fingerprint density at radius 3 is 2.36 bits per heavy atom. The summed E-state index contributed by atoms with van der Waals surface area (Å²) in [5, 5.41) is 21.2. The van der Waals surface area contributed by atoms with Crippen molar-refractivity contribution in [1.82, 2.24) is 0 Å². The van der Waals surface area contributed by atoms with Gasteiger partial charge in [-0.3, -0.25) is 4.79 Å². The van der Waals surface area contributed by atoms with Crippen LogP contribution < -0.4 is 0 Å². The first kappa shape index (κ1) is 26.8. The van der Waals surface area contributed by atoms with Crippen molar-refractivity contribution in [3.05, 3.63) is 71.8 Å². The molecule has 0 heterocycles. The number of carboxylic acids is 1. The minimum absolute atomic E-state index is 0.188. The smallest absolute Gasteiger partial charge is 0.303 e. The molecule has 4 aliphatic carbocycles. The van der Waals surface area contributed by atoms with Gasteiger partial charge in [0.1, 0.15) is 0 Å². The van der Waals surface area contributed by atoms with Crippen LogP contribution in [0.4, 0.5) is 0 Å². The molecule has 0 aromatic heterocycles. The molecule has 8 atom stereocenters. The SMILES string of the molecule is C[C@H](CCC(=O)O)[C@H]1CC[C@H]2[C@@H]3CC=C4C[C@](O)(c5ccc(-c6ccccc6)cc5)CC[C@]4(C)[C@H]3CC[C@]12C. The molecule has 2 aromatic rings. The third kappa shape index (κ3) is 4.49. The normalized spacial score (nSPS) is 38.2. The highest BCUT2D eigenvalue weighted by Gasteiger charge is 2.60. The molecule has 39 heavy (non-hydrogen) atoms. The zero-order valence-electron chi connectivity index (χ0n) is 24.0. The van der Waals surface area contributed by atoms with Gasteiger partial charge in [-0.05, 0) is 108 Å². The maximum atomic E-state index is 11.9. The fourth-order valence-corrected chi connectivity index (χ4v) is 10.0. The number of rotatable bonds is 6. The quantitative estimate of drug-likeness (QED) is 0.370. The average molecular weight is 527 g/mol. The van der Waals surface area contributed by atoms with Crippen molar-refractivity contribution in [1.29, 1.82) is 0 Å². The fourth-order valence-electron chi connectivity index (χ4n) is 10.0. The van der Waals surface area contributed by atoms with E-state index in [1.807, 2.05) is 6.07 Å². The Balaban J connectivity index is 1.20. The minimum atomic E-state index is -0.783. The van der Waals surface area contributed by atoms with Crippen LogP contribution in [0.1, 0.15) is 90.5 Å². The van der Waals surface area contributed by atoms with Crippen molar-refractivity contribution in [3.8, 4) is 11.1 Å². The van der Waals surface area contributed by atoms with Gasteiger partial charge in [0.25, 0.3) is 0 Å². The van der Waals surface area contributed by atoms with Crippen LogP contribution in [-0.4, -0.2) is 16.2 Å². The molecule has 2 aromatic carbocycles. The molecule has 208 valence electrons. The molecule has 3 fully saturated rings. The zero-order valence-corrected chi connectivity index (χ0v) is 24.0. The average Bonchev–Trinajstić information content (AvgIpc) is 3.30. The highest BCUT2D eigenvalue weighted by Crippen LogP contribution is 2.68. The van der Waals surface area contributed by atoms with Crippen LogP contribution in [0.25, 0.3) is 11.1 Å². The Morgan fingerprint density at radius 1 is 0.923 bits per heavy atom. The van der Waals surface area contributed by atoms with Crippen molar-refractivity contribution >= 4 is 5.97 Å². The van der Waals surface area contributed by atoms with Gasteiger partial charge < -0.3 is 10.2 Å². The third-order valence-corrected chi connectivity index (χ3v) is 12.3. The van der Waals surface area contributed by atoms with Gasteiger partial charge in [0.15, 0.2) is 0 Å². The summed E-state index contributed by atoms with van der Waals surface area (Å²) >= 11 is 0. The van der Waals surface area contributed by atoms with Crippen molar-refractivity contribution in [2.24, 2.45) is 40.4 Å². The molecule has 0 radical (unpaired) electrons. The molecule has 0 spiro atoms. The zero-order chi connectivity index (χ0) is 27.4. The van der Waals surface area contributed by atoms with Gasteiger partial charge in [-0.2, -0.15) is 0 Å². The molecule has 0 saturated heterocycles. The van der Waals surface area contributed by atoms with E-state index < -0.39 is 11.6 Å². The lowest BCUT2D eigenvalue weighted by atomic mass is 9.46. The van der Waals surface area contributed by atoms with Gasteiger partial charge in [-0.1, -0.05) is 87.0 Å². The molecule has 3 saturated carbocycles. The van der Waals surface area contributed by atoms with E-state index in [9.17, 15) is 15.0 Å². The van der Waals surface area contributed by atoms with Crippen molar-refractivity contribution < 1.29 is 15.0 Å². The maximum absolute atomic E-state index is 11.9. The molecule has 2 N–H and O–H groups in total. The monoisotopic (exact) mass is 526 g/mol. The predicted molar refractivity (Wildman–Crippen MR) is 157 cm³/mol. The number of aliphatic carboxylic acids is 1. The number of carboxylic acid groups (broad SMARTS) is 1. The summed E-state index contributed by atoms with van der Waals surface area (Å²) in [4.78, 5) is 11.2. The third-order valence-electron chi connectivity index (χ3n) is 12.3. The van der Waals surface area contributed by atoms with E-state index in [0.717, 1.165) is 49.5 Å². The van der Waals surface area contributed by atoms with Gasteiger partial charge in [0, 0.05) is 12.8 Å². The lowest BCUT2D eigenvalue weighted by Crippen LogP contribution is -2.52. The van der Waals surface area contributed by atoms with Crippen LogP contribution in [0.2, 0.25) is 0 Å². The number of aliphatic hydroxyl groups is 1. The lowest BCUT2D eigenvalue weighted by molar-refractivity contribution is -0.137. The Bertz CT molecular complexity index is 1230. The number of carbonyl (C=O) groups is 1. The van der Waals surface area contributed by atoms with Crippen molar-refractivity contribution in [2.75, 3.05) is 0 Å². The molecular formula is C36H46O3. The van der Waals surface area contributed by atoms with Crippen molar-refractivity contribution in [3.63, 3.8) is 0 Å². The minimum Gasteiger partial charge on any atom is -0.481 e. The van der Waals surface area contributed by atoms with E-state index in [-0.39, 0.29) is 5.41 Å². The second-order valence-corrected chi connectivity index (χ2v) is 14.0. The highest BCUT2D eigenvalue weighted by molar-refractivity contribution is 5.66. The standard InChI is InChI=1S/C36H46O3/c1-24(9-18-33(37)38)30-16-17-31-29-15-14-28-23-36(39,22-21-34(28,2)32(29)19-20-35(30,31)3)27-12-10-26(11-13-27)25-7-5-4-6-8-25/h4-8,10-14,24,29-32,39H,9,15-23H2,1-3H3,(H,37,38)/t24-,29+,30-,31+,32+,34+,35-,36+/m1/s1. The fraction of sp³-hybridized carbons (Fsp3) is 0.583. The Morgan fingerprint density at radius 2 is 1.64 bits per heavy atom. The van der Waals surface area contributed by atoms with Gasteiger partial charge >= 0.3 is 5.97 Å². The largest absolute Gasteiger partial charge is 0.481 e. The Hall–Kier alpha value is -2.39. The van der Waals surface area contributed by atoms with E-state index >= 15 is 0 Å². The molecule has 0 amide bonds. The number of hydrogen-bond donors (Lipinski definition) is 2. The highest BCUT2D eigenvalue weighted by atomic mass is 16.4. The predicted octanol–water partition coefficient (Wildman–Crippen LogP) is 8.62. The molecule has 0 unspecified atom stereocenters. The van der Waals surface area contributed by atoms with Crippen molar-refractivity contribution in [2.45, 2.75) is 90.6 Å². The van der Waals surface area contributed by atoms with Crippen LogP contribution in [-0.2, 0) is 10.4 Å². The van der Waals surface area contributed by atoms with E-state index in [0.29, 0.717) is 29.6 Å². The van der Waals surface area contributed by atoms with Crippen LogP contribution >= 0.6 is 0 Å². The van der Waals surface area contributed by atoms with Gasteiger partial charge in [-0.15, -0.1) is 0 Å². The summed E-state index contributed by atoms with van der Waals surface area (Å²) in [7, 11) is 0. The summed E-state index contributed by atoms with van der Waals surface area (Å²) in [5.41, 5.74) is 4.71. The summed E-state index contributed by atoms with van der Waals surface area (Å²) < 4.78 is 0. The van der Waals surface area contributed by atoms with Gasteiger partial charge in [0.2, 0.25) is 0 Å². The molecule has 0 bridgehead atoms. The van der Waals surface area contributed by atoms with Crippen LogP contribution in [0, 0.1) is 40.4 Å². The molecular weight excluding hydrogens is 480 g/mol. The van der Waals surface area contributed by atoms with Crippen LogP contribution in [0.5, 0.6) is 0 Å². The summed E-state index contributed by atoms with van der Waals surface area (Å²) in [5.74, 6) is 2.65. The summed E-state index contributed by atoms with van der Waals surface area (Å²) in [6.07, 6.45) is 12.5. The first-order valence-corrected chi connectivity index (χ1v) is 15.4. The molecule has 0 aliphatic heterocycles. The van der Waals surface area contributed by atoms with E-state index in [2.05, 4.69) is 75.4 Å². The molecule has 3 heteroatoms. The molecule has 4 aliphatic rings. The van der Waals surface area contributed by atoms with E-state index in [1.165, 1.54) is 42.4 Å². The molecule has 6 rings (SSSR count).